The zero-order valence-electron chi connectivity index (χ0n) is 9.00. The predicted molar refractivity (Wildman–Crippen MR) is 62.3 cm³/mol. The van der Waals surface area contributed by atoms with E-state index in [0.29, 0.717) is 23.7 Å². The summed E-state index contributed by atoms with van der Waals surface area (Å²) < 4.78 is 4.88. The van der Waals surface area contributed by atoms with Crippen LogP contribution in [0.1, 0.15) is 21.0 Å². The molecule has 84 valence electrons. The maximum Gasteiger partial charge on any atom is 0.261 e. The topological polar surface area (TPSA) is 64.3 Å². The minimum atomic E-state index is -0.0593. The Bertz CT molecular complexity index is 317. The van der Waals surface area contributed by atoms with E-state index in [1.807, 2.05) is 6.92 Å². The van der Waals surface area contributed by atoms with Crippen molar-refractivity contribution in [3.05, 3.63) is 15.8 Å². The lowest BCUT2D eigenvalue weighted by atomic mass is 10.3. The fraction of sp³-hybridized carbons (Fsp3) is 0.500. The third-order valence-corrected chi connectivity index (χ3v) is 3.06. The number of aryl methyl sites for hydroxylation is 1. The quantitative estimate of drug-likeness (QED) is 0.749. The fourth-order valence-electron chi connectivity index (χ4n) is 1.11. The van der Waals surface area contributed by atoms with Gasteiger partial charge in [-0.15, -0.1) is 11.3 Å². The summed E-state index contributed by atoms with van der Waals surface area (Å²) in [5, 5.41) is 2.81. The molecule has 1 aromatic heterocycles. The lowest BCUT2D eigenvalue weighted by Gasteiger charge is -2.02. The van der Waals surface area contributed by atoms with Crippen molar-refractivity contribution < 1.29 is 9.53 Å². The number of methoxy groups -OCH3 is 1. The number of carbonyl (C=O) groups is 1. The summed E-state index contributed by atoms with van der Waals surface area (Å²) in [7, 11) is 1.64. The summed E-state index contributed by atoms with van der Waals surface area (Å²) in [5.41, 5.74) is 6.35. The number of rotatable bonds is 5. The summed E-state index contributed by atoms with van der Waals surface area (Å²) in [4.78, 5) is 13.2. The molecule has 5 heteroatoms. The SMILES string of the molecule is COCCCNC(=O)c1cc(N)c(C)s1. The second-order valence-corrected chi connectivity index (χ2v) is 4.48. The van der Waals surface area contributed by atoms with Gasteiger partial charge in [-0.25, -0.2) is 0 Å². The lowest BCUT2D eigenvalue weighted by molar-refractivity contribution is 0.0952. The molecule has 0 aromatic carbocycles. The average Bonchev–Trinajstić information content (AvgIpc) is 2.54. The van der Waals surface area contributed by atoms with Crippen molar-refractivity contribution >= 4 is 22.9 Å². The minimum absolute atomic E-state index is 0.0593. The van der Waals surface area contributed by atoms with E-state index in [9.17, 15) is 4.79 Å². The molecule has 1 amide bonds. The molecule has 4 nitrogen and oxygen atoms in total. The largest absolute Gasteiger partial charge is 0.398 e. The highest BCUT2D eigenvalue weighted by Gasteiger charge is 2.09. The van der Waals surface area contributed by atoms with E-state index in [0.717, 1.165) is 11.3 Å². The molecular weight excluding hydrogens is 212 g/mol. The number of anilines is 1. The van der Waals surface area contributed by atoms with E-state index in [4.69, 9.17) is 10.5 Å². The van der Waals surface area contributed by atoms with Gasteiger partial charge in [0.1, 0.15) is 0 Å². The van der Waals surface area contributed by atoms with Gasteiger partial charge in [0, 0.05) is 30.8 Å². The first kappa shape index (κ1) is 12.0. The van der Waals surface area contributed by atoms with Gasteiger partial charge in [-0.05, 0) is 19.4 Å². The molecule has 0 aliphatic heterocycles. The van der Waals surface area contributed by atoms with Crippen molar-refractivity contribution in [2.24, 2.45) is 0 Å². The minimum Gasteiger partial charge on any atom is -0.398 e. The van der Waals surface area contributed by atoms with Gasteiger partial charge in [0.05, 0.1) is 4.88 Å². The van der Waals surface area contributed by atoms with Crippen LogP contribution in [0.3, 0.4) is 0 Å². The van der Waals surface area contributed by atoms with Crippen molar-refractivity contribution in [3.8, 4) is 0 Å². The molecule has 0 saturated carbocycles. The first-order valence-electron chi connectivity index (χ1n) is 4.78. The Hall–Kier alpha value is -1.07. The molecule has 0 unspecified atom stereocenters. The Balaban J connectivity index is 2.40. The highest BCUT2D eigenvalue weighted by molar-refractivity contribution is 7.14. The Kier molecular flexibility index (Phi) is 4.58. The Labute approximate surface area is 93.4 Å². The first-order chi connectivity index (χ1) is 7.15. The molecule has 0 bridgehead atoms. The Morgan fingerprint density at radius 3 is 2.93 bits per heavy atom. The van der Waals surface area contributed by atoms with Gasteiger partial charge in [0.15, 0.2) is 0 Å². The van der Waals surface area contributed by atoms with Crippen molar-refractivity contribution in [1.29, 1.82) is 0 Å². The normalized spacial score (nSPS) is 10.3. The van der Waals surface area contributed by atoms with E-state index < -0.39 is 0 Å². The number of nitrogen functional groups attached to an aromatic ring is 1. The van der Waals surface area contributed by atoms with Crippen LogP contribution in [0.4, 0.5) is 5.69 Å². The Morgan fingerprint density at radius 2 is 2.40 bits per heavy atom. The smallest absolute Gasteiger partial charge is 0.261 e. The highest BCUT2D eigenvalue weighted by atomic mass is 32.1. The van der Waals surface area contributed by atoms with E-state index in [1.54, 1.807) is 13.2 Å². The molecule has 0 aliphatic rings. The van der Waals surface area contributed by atoms with Crippen LogP contribution in [0.25, 0.3) is 0 Å². The maximum absolute atomic E-state index is 11.6. The zero-order valence-corrected chi connectivity index (χ0v) is 9.82. The van der Waals surface area contributed by atoms with E-state index >= 15 is 0 Å². The molecule has 15 heavy (non-hydrogen) atoms. The fourth-order valence-corrected chi connectivity index (χ4v) is 1.97. The third kappa shape index (κ3) is 3.53. The highest BCUT2D eigenvalue weighted by Crippen LogP contribution is 2.22. The average molecular weight is 228 g/mol. The molecule has 1 heterocycles. The van der Waals surface area contributed by atoms with Crippen molar-refractivity contribution in [2.45, 2.75) is 13.3 Å². The van der Waals surface area contributed by atoms with Gasteiger partial charge < -0.3 is 15.8 Å². The van der Waals surface area contributed by atoms with Gasteiger partial charge in [0.2, 0.25) is 0 Å². The van der Waals surface area contributed by atoms with Gasteiger partial charge in [-0.2, -0.15) is 0 Å². The summed E-state index contributed by atoms with van der Waals surface area (Å²) >= 11 is 1.42. The van der Waals surface area contributed by atoms with Crippen LogP contribution in [0.2, 0.25) is 0 Å². The number of hydrogen-bond donors (Lipinski definition) is 2. The predicted octanol–water partition coefficient (Wildman–Crippen LogP) is 1.41. The molecular formula is C10H16N2O2S. The number of ether oxygens (including phenoxy) is 1. The second-order valence-electron chi connectivity index (χ2n) is 3.22. The molecule has 0 fully saturated rings. The number of amides is 1. The summed E-state index contributed by atoms with van der Waals surface area (Å²) in [6.45, 7) is 3.19. The number of carbonyl (C=O) groups excluding carboxylic acids is 1. The van der Waals surface area contributed by atoms with E-state index in [1.165, 1.54) is 11.3 Å². The third-order valence-electron chi connectivity index (χ3n) is 1.99. The number of nitrogens with two attached hydrogens (primary N) is 1. The molecule has 0 aliphatic carbocycles. The molecule has 0 radical (unpaired) electrons. The van der Waals surface area contributed by atoms with Crippen molar-refractivity contribution in [1.82, 2.24) is 5.32 Å². The molecule has 0 spiro atoms. The van der Waals surface area contributed by atoms with Crippen LogP contribution in [0.5, 0.6) is 0 Å². The second kappa shape index (κ2) is 5.72. The van der Waals surface area contributed by atoms with Crippen molar-refractivity contribution in [2.75, 3.05) is 26.0 Å². The molecule has 1 rings (SSSR count). The number of thiophene rings is 1. The summed E-state index contributed by atoms with van der Waals surface area (Å²) in [6, 6.07) is 1.71. The molecule has 1 aromatic rings. The standard InChI is InChI=1S/C10H16N2O2S/c1-7-8(11)6-9(15-7)10(13)12-4-3-5-14-2/h6H,3-5,11H2,1-2H3,(H,12,13). The number of hydrogen-bond acceptors (Lipinski definition) is 4. The van der Waals surface area contributed by atoms with Gasteiger partial charge in [-0.3, -0.25) is 4.79 Å². The maximum atomic E-state index is 11.6. The summed E-state index contributed by atoms with van der Waals surface area (Å²) in [6.07, 6.45) is 0.822. The molecule has 0 atom stereocenters. The molecule has 0 saturated heterocycles. The van der Waals surface area contributed by atoms with Gasteiger partial charge >= 0.3 is 0 Å². The summed E-state index contributed by atoms with van der Waals surface area (Å²) in [5.74, 6) is -0.0593. The van der Waals surface area contributed by atoms with E-state index in [2.05, 4.69) is 5.32 Å². The van der Waals surface area contributed by atoms with Crippen LogP contribution in [0, 0.1) is 6.92 Å². The Morgan fingerprint density at radius 1 is 1.67 bits per heavy atom. The van der Waals surface area contributed by atoms with Crippen LogP contribution in [-0.4, -0.2) is 26.2 Å². The van der Waals surface area contributed by atoms with Crippen molar-refractivity contribution in [3.63, 3.8) is 0 Å². The molecule has 3 N–H and O–H groups in total. The van der Waals surface area contributed by atoms with Gasteiger partial charge in [-0.1, -0.05) is 0 Å². The lowest BCUT2D eigenvalue weighted by Crippen LogP contribution is -2.24. The van der Waals surface area contributed by atoms with Crippen LogP contribution < -0.4 is 11.1 Å². The van der Waals surface area contributed by atoms with Crippen LogP contribution >= 0.6 is 11.3 Å². The first-order valence-corrected chi connectivity index (χ1v) is 5.60. The zero-order chi connectivity index (χ0) is 11.3. The monoisotopic (exact) mass is 228 g/mol. The number of nitrogens with one attached hydrogen (secondary N) is 1. The van der Waals surface area contributed by atoms with Crippen LogP contribution in [0.15, 0.2) is 6.07 Å². The van der Waals surface area contributed by atoms with Gasteiger partial charge in [0.25, 0.3) is 5.91 Å². The van der Waals surface area contributed by atoms with E-state index in [-0.39, 0.29) is 5.91 Å². The van der Waals surface area contributed by atoms with Crippen LogP contribution in [-0.2, 0) is 4.74 Å².